The molecule has 4 nitrogen and oxygen atoms in total. The van der Waals surface area contributed by atoms with Gasteiger partial charge in [-0.05, 0) is 37.6 Å². The Kier molecular flexibility index (Phi) is 5.17. The van der Waals surface area contributed by atoms with Crippen molar-refractivity contribution in [3.05, 3.63) is 58.4 Å². The Labute approximate surface area is 129 Å². The number of carbonyl (C=O) groups is 1. The summed E-state index contributed by atoms with van der Waals surface area (Å²) in [4.78, 5) is 16.5. The highest BCUT2D eigenvalue weighted by molar-refractivity contribution is 6.30. The molecule has 2 rings (SSSR count). The second kappa shape index (κ2) is 7.09. The normalized spacial score (nSPS) is 10.2. The van der Waals surface area contributed by atoms with Crippen LogP contribution in [0.25, 0.3) is 0 Å². The van der Waals surface area contributed by atoms with Crippen LogP contribution in [0.1, 0.15) is 28.5 Å². The topological polar surface area (TPSA) is 54.0 Å². The maximum Gasteiger partial charge on any atom is 0.255 e. The van der Waals surface area contributed by atoms with Crippen LogP contribution in [0.4, 0.5) is 5.69 Å². The number of carbonyl (C=O) groups excluding carboxylic acids is 1. The molecule has 0 fully saturated rings. The standard InChI is InChI=1S/C16H18ClN3O/c1-3-18-15-8-11(2)19-10-14(15)16(21)20-9-12-4-6-13(17)7-5-12/h4-8,10H,3,9H2,1-2H3,(H,18,19)(H,20,21). The number of nitrogens with one attached hydrogen (secondary N) is 2. The fraction of sp³-hybridized carbons (Fsp3) is 0.250. The van der Waals surface area contributed by atoms with Gasteiger partial charge in [0.15, 0.2) is 0 Å². The van der Waals surface area contributed by atoms with E-state index < -0.39 is 0 Å². The third kappa shape index (κ3) is 4.20. The van der Waals surface area contributed by atoms with E-state index in [0.29, 0.717) is 17.1 Å². The number of anilines is 1. The second-order valence-corrected chi connectivity index (χ2v) is 5.15. The third-order valence-corrected chi connectivity index (χ3v) is 3.27. The summed E-state index contributed by atoms with van der Waals surface area (Å²) >= 11 is 5.84. The molecule has 21 heavy (non-hydrogen) atoms. The van der Waals surface area contributed by atoms with Crippen LogP contribution in [-0.4, -0.2) is 17.4 Å². The number of hydrogen-bond donors (Lipinski definition) is 2. The summed E-state index contributed by atoms with van der Waals surface area (Å²) in [7, 11) is 0. The lowest BCUT2D eigenvalue weighted by Crippen LogP contribution is -2.24. The molecular formula is C16H18ClN3O. The van der Waals surface area contributed by atoms with Gasteiger partial charge in [0.25, 0.3) is 5.91 Å². The fourth-order valence-electron chi connectivity index (χ4n) is 1.96. The number of pyridine rings is 1. The number of rotatable bonds is 5. The summed E-state index contributed by atoms with van der Waals surface area (Å²) in [5.41, 5.74) is 3.23. The highest BCUT2D eigenvalue weighted by Gasteiger charge is 2.11. The molecule has 0 radical (unpaired) electrons. The lowest BCUT2D eigenvalue weighted by Gasteiger charge is -2.11. The molecule has 1 aromatic carbocycles. The zero-order chi connectivity index (χ0) is 15.2. The van der Waals surface area contributed by atoms with E-state index >= 15 is 0 Å². The molecule has 0 aliphatic carbocycles. The van der Waals surface area contributed by atoms with E-state index in [1.54, 1.807) is 18.3 Å². The van der Waals surface area contributed by atoms with Crippen LogP contribution in [0.15, 0.2) is 36.5 Å². The first-order chi connectivity index (χ1) is 10.1. The number of hydrogen-bond acceptors (Lipinski definition) is 3. The van der Waals surface area contributed by atoms with Crippen molar-refractivity contribution in [1.82, 2.24) is 10.3 Å². The van der Waals surface area contributed by atoms with Crippen molar-refractivity contribution < 1.29 is 4.79 Å². The molecular weight excluding hydrogens is 286 g/mol. The summed E-state index contributed by atoms with van der Waals surface area (Å²) in [5.74, 6) is -0.145. The molecule has 1 aromatic heterocycles. The molecule has 2 aromatic rings. The van der Waals surface area contributed by atoms with Gasteiger partial charge in [0.05, 0.1) is 11.3 Å². The number of aryl methyl sites for hydroxylation is 1. The SMILES string of the molecule is CCNc1cc(C)ncc1C(=O)NCc1ccc(Cl)cc1. The smallest absolute Gasteiger partial charge is 0.255 e. The van der Waals surface area contributed by atoms with Crippen molar-refractivity contribution in [3.63, 3.8) is 0 Å². The van der Waals surface area contributed by atoms with E-state index in [9.17, 15) is 4.79 Å². The lowest BCUT2D eigenvalue weighted by molar-refractivity contribution is 0.0951. The van der Waals surface area contributed by atoms with Crippen LogP contribution >= 0.6 is 11.6 Å². The first-order valence-electron chi connectivity index (χ1n) is 6.83. The molecule has 0 aliphatic rings. The predicted molar refractivity (Wildman–Crippen MR) is 85.8 cm³/mol. The number of amides is 1. The van der Waals surface area contributed by atoms with Gasteiger partial charge < -0.3 is 10.6 Å². The van der Waals surface area contributed by atoms with Crippen LogP contribution in [0.3, 0.4) is 0 Å². The van der Waals surface area contributed by atoms with E-state index in [0.717, 1.165) is 23.5 Å². The van der Waals surface area contributed by atoms with Gasteiger partial charge in [-0.2, -0.15) is 0 Å². The van der Waals surface area contributed by atoms with Gasteiger partial charge in [0.1, 0.15) is 0 Å². The molecule has 0 atom stereocenters. The molecule has 0 saturated carbocycles. The number of benzene rings is 1. The average molecular weight is 304 g/mol. The molecule has 0 aliphatic heterocycles. The Bertz CT molecular complexity index is 626. The Hall–Kier alpha value is -2.07. The average Bonchev–Trinajstić information content (AvgIpc) is 2.47. The quantitative estimate of drug-likeness (QED) is 0.890. The van der Waals surface area contributed by atoms with Gasteiger partial charge in [0, 0.05) is 30.0 Å². The van der Waals surface area contributed by atoms with Crippen molar-refractivity contribution >= 4 is 23.2 Å². The summed E-state index contributed by atoms with van der Waals surface area (Å²) in [6, 6.07) is 9.27. The van der Waals surface area contributed by atoms with Crippen molar-refractivity contribution in [2.45, 2.75) is 20.4 Å². The molecule has 0 unspecified atom stereocenters. The van der Waals surface area contributed by atoms with Gasteiger partial charge in [0.2, 0.25) is 0 Å². The molecule has 1 heterocycles. The van der Waals surface area contributed by atoms with Crippen molar-refractivity contribution in [1.29, 1.82) is 0 Å². The Morgan fingerprint density at radius 2 is 2.00 bits per heavy atom. The van der Waals surface area contributed by atoms with Gasteiger partial charge in [-0.1, -0.05) is 23.7 Å². The van der Waals surface area contributed by atoms with E-state index in [1.165, 1.54) is 0 Å². The molecule has 5 heteroatoms. The molecule has 1 amide bonds. The monoisotopic (exact) mass is 303 g/mol. The fourth-order valence-corrected chi connectivity index (χ4v) is 2.08. The largest absolute Gasteiger partial charge is 0.385 e. The summed E-state index contributed by atoms with van der Waals surface area (Å²) in [5, 5.41) is 6.76. The molecule has 0 bridgehead atoms. The predicted octanol–water partition coefficient (Wildman–Crippen LogP) is 3.41. The maximum atomic E-state index is 12.3. The van der Waals surface area contributed by atoms with Gasteiger partial charge in [-0.15, -0.1) is 0 Å². The van der Waals surface area contributed by atoms with Crippen LogP contribution in [-0.2, 0) is 6.54 Å². The minimum Gasteiger partial charge on any atom is -0.385 e. The van der Waals surface area contributed by atoms with Crippen LogP contribution in [0, 0.1) is 6.92 Å². The van der Waals surface area contributed by atoms with E-state index in [4.69, 9.17) is 11.6 Å². The van der Waals surface area contributed by atoms with Gasteiger partial charge in [-0.25, -0.2) is 0 Å². The van der Waals surface area contributed by atoms with E-state index in [2.05, 4.69) is 15.6 Å². The van der Waals surface area contributed by atoms with Crippen molar-refractivity contribution in [2.75, 3.05) is 11.9 Å². The van der Waals surface area contributed by atoms with Crippen LogP contribution in [0.5, 0.6) is 0 Å². The molecule has 2 N–H and O–H groups in total. The minimum atomic E-state index is -0.145. The molecule has 0 saturated heterocycles. The first kappa shape index (κ1) is 15.3. The molecule has 110 valence electrons. The zero-order valence-corrected chi connectivity index (χ0v) is 12.9. The van der Waals surface area contributed by atoms with Crippen molar-refractivity contribution in [2.24, 2.45) is 0 Å². The maximum absolute atomic E-state index is 12.3. The number of halogens is 1. The number of nitrogens with zero attached hydrogens (tertiary/aromatic N) is 1. The van der Waals surface area contributed by atoms with Crippen molar-refractivity contribution in [3.8, 4) is 0 Å². The highest BCUT2D eigenvalue weighted by atomic mass is 35.5. The van der Waals surface area contributed by atoms with Gasteiger partial charge >= 0.3 is 0 Å². The summed E-state index contributed by atoms with van der Waals surface area (Å²) in [6.45, 7) is 5.09. The lowest BCUT2D eigenvalue weighted by atomic mass is 10.1. The minimum absolute atomic E-state index is 0.145. The van der Waals surface area contributed by atoms with E-state index in [1.807, 2.05) is 32.0 Å². The first-order valence-corrected chi connectivity index (χ1v) is 7.21. The Morgan fingerprint density at radius 3 is 2.67 bits per heavy atom. The summed E-state index contributed by atoms with van der Waals surface area (Å²) < 4.78 is 0. The van der Waals surface area contributed by atoms with E-state index in [-0.39, 0.29) is 5.91 Å². The van der Waals surface area contributed by atoms with Crippen LogP contribution < -0.4 is 10.6 Å². The Balaban J connectivity index is 2.07. The van der Waals surface area contributed by atoms with Crippen LogP contribution in [0.2, 0.25) is 5.02 Å². The third-order valence-electron chi connectivity index (χ3n) is 3.02. The molecule has 0 spiro atoms. The summed E-state index contributed by atoms with van der Waals surface area (Å²) in [6.07, 6.45) is 1.60. The number of aromatic nitrogens is 1. The Morgan fingerprint density at radius 1 is 1.29 bits per heavy atom. The second-order valence-electron chi connectivity index (χ2n) is 4.71. The zero-order valence-electron chi connectivity index (χ0n) is 12.1. The highest BCUT2D eigenvalue weighted by Crippen LogP contribution is 2.16. The van der Waals surface area contributed by atoms with Gasteiger partial charge in [-0.3, -0.25) is 9.78 Å².